The lowest BCUT2D eigenvalue weighted by Crippen LogP contribution is -2.10. The van der Waals surface area contributed by atoms with Gasteiger partial charge in [-0.15, -0.1) is 0 Å². The lowest BCUT2D eigenvalue weighted by molar-refractivity contribution is 0.717. The number of imidazole rings is 1. The number of H-pyrrole nitrogens is 1. The fraction of sp³-hybridized carbons (Fsp3) is 0.500. The van der Waals surface area contributed by atoms with E-state index in [1.165, 1.54) is 0 Å². The predicted molar refractivity (Wildman–Crippen MR) is 68.4 cm³/mol. The van der Waals surface area contributed by atoms with Gasteiger partial charge in [0.05, 0.1) is 5.52 Å². The first kappa shape index (κ1) is 10.5. The third-order valence-corrected chi connectivity index (χ3v) is 3.25. The maximum Gasteiger partial charge on any atom is 0.179 e. The molecule has 0 radical (unpaired) electrons. The standard InChI is InChI=1S/C12H17N5/c1-17(2)10-4-3-9-12(15-10)16-11(14-9)8-5-6-13-7-8/h3-4,8,13H,5-7H2,1-2H3,(H,14,15,16). The number of nitrogens with one attached hydrogen (secondary N) is 2. The van der Waals surface area contributed by atoms with Gasteiger partial charge in [-0.2, -0.15) is 0 Å². The average molecular weight is 231 g/mol. The van der Waals surface area contributed by atoms with Crippen LogP contribution in [0.4, 0.5) is 5.82 Å². The van der Waals surface area contributed by atoms with Crippen molar-refractivity contribution in [1.82, 2.24) is 20.3 Å². The Morgan fingerprint density at radius 3 is 2.88 bits per heavy atom. The molecule has 2 N–H and O–H groups in total. The molecule has 1 fully saturated rings. The van der Waals surface area contributed by atoms with Crippen LogP contribution in [0.15, 0.2) is 12.1 Å². The van der Waals surface area contributed by atoms with Gasteiger partial charge in [-0.1, -0.05) is 0 Å². The van der Waals surface area contributed by atoms with Crippen LogP contribution in [0.1, 0.15) is 18.2 Å². The first-order chi connectivity index (χ1) is 8.24. The highest BCUT2D eigenvalue weighted by Crippen LogP contribution is 2.22. The van der Waals surface area contributed by atoms with Crippen LogP contribution in [0, 0.1) is 0 Å². The number of aromatic nitrogens is 3. The molecule has 0 aromatic carbocycles. The van der Waals surface area contributed by atoms with Gasteiger partial charge in [0.2, 0.25) is 0 Å². The van der Waals surface area contributed by atoms with Crippen LogP contribution < -0.4 is 10.2 Å². The lowest BCUT2D eigenvalue weighted by Gasteiger charge is -2.09. The Labute approximate surface area is 100 Å². The molecule has 1 unspecified atom stereocenters. The molecule has 1 saturated heterocycles. The molecule has 5 nitrogen and oxygen atoms in total. The molecule has 0 aliphatic carbocycles. The van der Waals surface area contributed by atoms with Crippen molar-refractivity contribution in [3.63, 3.8) is 0 Å². The highest BCUT2D eigenvalue weighted by molar-refractivity contribution is 5.73. The fourth-order valence-corrected chi connectivity index (χ4v) is 2.23. The second-order valence-corrected chi connectivity index (χ2v) is 4.75. The normalized spacial score (nSPS) is 20.0. The number of nitrogens with zero attached hydrogens (tertiary/aromatic N) is 3. The third-order valence-electron chi connectivity index (χ3n) is 3.25. The van der Waals surface area contributed by atoms with Crippen LogP contribution in [-0.2, 0) is 0 Å². The first-order valence-corrected chi connectivity index (χ1v) is 5.99. The highest BCUT2D eigenvalue weighted by Gasteiger charge is 2.20. The molecular weight excluding hydrogens is 214 g/mol. The van der Waals surface area contributed by atoms with Gasteiger partial charge in [-0.25, -0.2) is 9.97 Å². The zero-order chi connectivity index (χ0) is 11.8. The summed E-state index contributed by atoms with van der Waals surface area (Å²) in [5.74, 6) is 2.51. The summed E-state index contributed by atoms with van der Waals surface area (Å²) in [6.07, 6.45) is 1.15. The van der Waals surface area contributed by atoms with Crippen molar-refractivity contribution < 1.29 is 0 Å². The van der Waals surface area contributed by atoms with E-state index in [4.69, 9.17) is 0 Å². The number of hydrogen-bond donors (Lipinski definition) is 2. The van der Waals surface area contributed by atoms with Gasteiger partial charge in [0.25, 0.3) is 0 Å². The molecule has 3 heterocycles. The summed E-state index contributed by atoms with van der Waals surface area (Å²) >= 11 is 0. The average Bonchev–Trinajstić information content (AvgIpc) is 2.96. The Hall–Kier alpha value is -1.62. The molecule has 2 aromatic heterocycles. The van der Waals surface area contributed by atoms with E-state index in [0.29, 0.717) is 5.92 Å². The Kier molecular flexibility index (Phi) is 2.48. The Balaban J connectivity index is 2.00. The van der Waals surface area contributed by atoms with E-state index >= 15 is 0 Å². The van der Waals surface area contributed by atoms with Crippen LogP contribution in [0.2, 0.25) is 0 Å². The number of rotatable bonds is 2. The van der Waals surface area contributed by atoms with E-state index in [1.807, 2.05) is 25.1 Å². The van der Waals surface area contributed by atoms with Crippen molar-refractivity contribution in [2.45, 2.75) is 12.3 Å². The van der Waals surface area contributed by atoms with Gasteiger partial charge in [0.1, 0.15) is 11.6 Å². The predicted octanol–water partition coefficient (Wildman–Crippen LogP) is 1.10. The topological polar surface area (TPSA) is 56.8 Å². The number of fused-ring (bicyclic) bond motifs is 1. The van der Waals surface area contributed by atoms with Gasteiger partial charge in [-0.05, 0) is 25.1 Å². The summed E-state index contributed by atoms with van der Waals surface area (Å²) < 4.78 is 0. The Morgan fingerprint density at radius 1 is 1.29 bits per heavy atom. The van der Waals surface area contributed by atoms with Crippen molar-refractivity contribution in [3.8, 4) is 0 Å². The summed E-state index contributed by atoms with van der Waals surface area (Å²) in [6.45, 7) is 2.10. The van der Waals surface area contributed by atoms with E-state index in [0.717, 1.165) is 42.3 Å². The minimum absolute atomic E-state index is 0.506. The molecule has 0 amide bonds. The Bertz CT molecular complexity index is 525. The van der Waals surface area contributed by atoms with Crippen LogP contribution in [-0.4, -0.2) is 42.1 Å². The summed E-state index contributed by atoms with van der Waals surface area (Å²) in [5.41, 5.74) is 1.84. The summed E-state index contributed by atoms with van der Waals surface area (Å²) in [4.78, 5) is 14.5. The zero-order valence-electron chi connectivity index (χ0n) is 10.2. The molecule has 17 heavy (non-hydrogen) atoms. The molecule has 0 spiro atoms. The van der Waals surface area contributed by atoms with E-state index in [1.54, 1.807) is 0 Å². The number of pyridine rings is 1. The van der Waals surface area contributed by atoms with Crippen molar-refractivity contribution in [3.05, 3.63) is 18.0 Å². The van der Waals surface area contributed by atoms with E-state index in [9.17, 15) is 0 Å². The van der Waals surface area contributed by atoms with Gasteiger partial charge in [0, 0.05) is 26.6 Å². The summed E-state index contributed by atoms with van der Waals surface area (Å²) in [6, 6.07) is 4.06. The minimum Gasteiger partial charge on any atom is -0.363 e. The smallest absolute Gasteiger partial charge is 0.179 e. The minimum atomic E-state index is 0.506. The molecule has 0 saturated carbocycles. The SMILES string of the molecule is CN(C)c1ccc2[nH]c(C3CCNC3)nc2n1. The van der Waals surface area contributed by atoms with Gasteiger partial charge < -0.3 is 15.2 Å². The molecular formula is C12H17N5. The zero-order valence-corrected chi connectivity index (χ0v) is 10.2. The van der Waals surface area contributed by atoms with Crippen LogP contribution >= 0.6 is 0 Å². The number of aromatic amines is 1. The number of hydrogen-bond acceptors (Lipinski definition) is 4. The van der Waals surface area contributed by atoms with Crippen molar-refractivity contribution in [2.24, 2.45) is 0 Å². The largest absolute Gasteiger partial charge is 0.363 e. The van der Waals surface area contributed by atoms with Crippen LogP contribution in [0.5, 0.6) is 0 Å². The van der Waals surface area contributed by atoms with Crippen LogP contribution in [0.25, 0.3) is 11.2 Å². The van der Waals surface area contributed by atoms with Gasteiger partial charge in [0.15, 0.2) is 5.65 Å². The molecule has 5 heteroatoms. The molecule has 2 aromatic rings. The molecule has 3 rings (SSSR count). The second kappa shape index (κ2) is 4.00. The Morgan fingerprint density at radius 2 is 2.18 bits per heavy atom. The highest BCUT2D eigenvalue weighted by atomic mass is 15.2. The lowest BCUT2D eigenvalue weighted by atomic mass is 10.1. The molecule has 1 atom stereocenters. The number of anilines is 1. The molecule has 0 bridgehead atoms. The maximum atomic E-state index is 4.60. The quantitative estimate of drug-likeness (QED) is 0.812. The van der Waals surface area contributed by atoms with Crippen molar-refractivity contribution in [1.29, 1.82) is 0 Å². The van der Waals surface area contributed by atoms with E-state index < -0.39 is 0 Å². The summed E-state index contributed by atoms with van der Waals surface area (Å²) in [7, 11) is 3.98. The van der Waals surface area contributed by atoms with Gasteiger partial charge in [-0.3, -0.25) is 0 Å². The first-order valence-electron chi connectivity index (χ1n) is 5.99. The maximum absolute atomic E-state index is 4.60. The van der Waals surface area contributed by atoms with Crippen LogP contribution in [0.3, 0.4) is 0 Å². The summed E-state index contributed by atoms with van der Waals surface area (Å²) in [5, 5.41) is 3.36. The molecule has 1 aliphatic heterocycles. The van der Waals surface area contributed by atoms with E-state index in [-0.39, 0.29) is 0 Å². The third kappa shape index (κ3) is 1.86. The molecule has 90 valence electrons. The molecule has 1 aliphatic rings. The van der Waals surface area contributed by atoms with E-state index in [2.05, 4.69) is 26.3 Å². The van der Waals surface area contributed by atoms with Crippen molar-refractivity contribution in [2.75, 3.05) is 32.1 Å². The van der Waals surface area contributed by atoms with Gasteiger partial charge >= 0.3 is 0 Å². The van der Waals surface area contributed by atoms with Crippen molar-refractivity contribution >= 4 is 17.0 Å². The second-order valence-electron chi connectivity index (χ2n) is 4.75. The monoisotopic (exact) mass is 231 g/mol. The fourth-order valence-electron chi connectivity index (χ4n) is 2.23.